The van der Waals surface area contributed by atoms with Crippen LogP contribution in [-0.2, 0) is 16.0 Å². The Balaban J connectivity index is 2.47. The van der Waals surface area contributed by atoms with E-state index in [0.29, 0.717) is 23.3 Å². The molecule has 0 amide bonds. The lowest BCUT2D eigenvalue weighted by Crippen LogP contribution is -2.09. The zero-order valence-corrected chi connectivity index (χ0v) is 11.2. The smallest absolute Gasteiger partial charge is 0.310 e. The third kappa shape index (κ3) is 2.96. The average Bonchev–Trinajstić information content (AvgIpc) is 2.44. The number of rotatable bonds is 4. The van der Waals surface area contributed by atoms with Gasteiger partial charge in [-0.3, -0.25) is 4.79 Å². The van der Waals surface area contributed by atoms with Crippen molar-refractivity contribution < 1.29 is 13.9 Å². The zero-order chi connectivity index (χ0) is 14.5. The van der Waals surface area contributed by atoms with Gasteiger partial charge in [0.1, 0.15) is 0 Å². The summed E-state index contributed by atoms with van der Waals surface area (Å²) in [6.07, 6.45) is 0.0231. The van der Waals surface area contributed by atoms with E-state index in [1.807, 2.05) is 18.2 Å². The summed E-state index contributed by atoms with van der Waals surface area (Å²) in [6.45, 7) is 2.04. The van der Waals surface area contributed by atoms with Crippen molar-refractivity contribution in [2.45, 2.75) is 13.3 Å². The van der Waals surface area contributed by atoms with E-state index in [4.69, 9.17) is 10.5 Å². The molecule has 0 aliphatic carbocycles. The fourth-order valence-corrected chi connectivity index (χ4v) is 2.06. The van der Waals surface area contributed by atoms with Gasteiger partial charge >= 0.3 is 5.97 Å². The maximum absolute atomic E-state index is 14.3. The first kappa shape index (κ1) is 14.1. The minimum Gasteiger partial charge on any atom is -0.466 e. The molecule has 0 aromatic heterocycles. The average molecular weight is 273 g/mol. The Morgan fingerprint density at radius 3 is 2.55 bits per heavy atom. The van der Waals surface area contributed by atoms with E-state index in [1.54, 1.807) is 25.1 Å². The Labute approximate surface area is 117 Å². The van der Waals surface area contributed by atoms with Gasteiger partial charge in [-0.2, -0.15) is 0 Å². The molecule has 3 nitrogen and oxygen atoms in total. The molecule has 2 aromatic carbocycles. The zero-order valence-electron chi connectivity index (χ0n) is 11.2. The van der Waals surface area contributed by atoms with Crippen molar-refractivity contribution in [3.05, 3.63) is 53.8 Å². The van der Waals surface area contributed by atoms with Crippen LogP contribution >= 0.6 is 0 Å². The van der Waals surface area contributed by atoms with Gasteiger partial charge in [-0.25, -0.2) is 4.39 Å². The van der Waals surface area contributed by atoms with Crippen molar-refractivity contribution in [3.8, 4) is 11.1 Å². The van der Waals surface area contributed by atoms with Crippen LogP contribution in [0.15, 0.2) is 42.5 Å². The Morgan fingerprint density at radius 2 is 1.90 bits per heavy atom. The minimum atomic E-state index is -0.502. The molecule has 0 fully saturated rings. The number of nitrogens with two attached hydrogens (primary N) is 1. The quantitative estimate of drug-likeness (QED) is 0.687. The van der Waals surface area contributed by atoms with Gasteiger partial charge in [0.15, 0.2) is 5.82 Å². The molecule has 0 saturated heterocycles. The lowest BCUT2D eigenvalue weighted by atomic mass is 9.96. The molecule has 2 aromatic rings. The molecule has 104 valence electrons. The summed E-state index contributed by atoms with van der Waals surface area (Å²) in [5, 5.41) is 0. The fraction of sp³-hybridized carbons (Fsp3) is 0.188. The predicted octanol–water partition coefficient (Wildman–Crippen LogP) is 3.18. The van der Waals surface area contributed by atoms with E-state index >= 15 is 0 Å². The summed E-state index contributed by atoms with van der Waals surface area (Å²) < 4.78 is 19.2. The van der Waals surface area contributed by atoms with Crippen molar-refractivity contribution >= 4 is 11.7 Å². The number of carbonyl (C=O) groups excluding carboxylic acids is 1. The van der Waals surface area contributed by atoms with Crippen molar-refractivity contribution in [2.24, 2.45) is 0 Å². The molecule has 20 heavy (non-hydrogen) atoms. The predicted molar refractivity (Wildman–Crippen MR) is 76.6 cm³/mol. The molecule has 0 aliphatic heterocycles. The van der Waals surface area contributed by atoms with Gasteiger partial charge in [0.25, 0.3) is 0 Å². The minimum absolute atomic E-state index is 0.0231. The van der Waals surface area contributed by atoms with Gasteiger partial charge in [-0.05, 0) is 24.1 Å². The Kier molecular flexibility index (Phi) is 4.35. The van der Waals surface area contributed by atoms with Crippen LogP contribution in [0.1, 0.15) is 12.5 Å². The lowest BCUT2D eigenvalue weighted by Gasteiger charge is -2.12. The van der Waals surface area contributed by atoms with Crippen LogP contribution in [0.25, 0.3) is 11.1 Å². The van der Waals surface area contributed by atoms with Crippen LogP contribution in [0.2, 0.25) is 0 Å². The molecule has 4 heteroatoms. The molecular formula is C16H16FNO2. The van der Waals surface area contributed by atoms with Gasteiger partial charge in [-0.15, -0.1) is 0 Å². The highest BCUT2D eigenvalue weighted by Crippen LogP contribution is 2.30. The van der Waals surface area contributed by atoms with Crippen LogP contribution in [0, 0.1) is 5.82 Å². The van der Waals surface area contributed by atoms with E-state index in [-0.39, 0.29) is 18.1 Å². The van der Waals surface area contributed by atoms with Gasteiger partial charge in [-0.1, -0.05) is 36.4 Å². The van der Waals surface area contributed by atoms with Gasteiger partial charge in [0.05, 0.1) is 18.7 Å². The first-order valence-electron chi connectivity index (χ1n) is 6.41. The van der Waals surface area contributed by atoms with Gasteiger partial charge < -0.3 is 10.5 Å². The number of nitrogen functional groups attached to an aromatic ring is 1. The Morgan fingerprint density at radius 1 is 1.20 bits per heavy atom. The molecule has 0 atom stereocenters. The number of hydrogen-bond acceptors (Lipinski definition) is 3. The summed E-state index contributed by atoms with van der Waals surface area (Å²) in [5.41, 5.74) is 7.31. The van der Waals surface area contributed by atoms with Crippen molar-refractivity contribution in [1.29, 1.82) is 0 Å². The molecule has 0 heterocycles. The third-order valence-corrected chi connectivity index (χ3v) is 2.96. The van der Waals surface area contributed by atoms with Gasteiger partial charge in [0, 0.05) is 5.56 Å². The maximum atomic E-state index is 14.3. The SMILES string of the molecule is CCOC(=O)Cc1ccc(N)c(F)c1-c1ccccc1. The van der Waals surface area contributed by atoms with Crippen molar-refractivity contribution in [1.82, 2.24) is 0 Å². The van der Waals surface area contributed by atoms with Crippen LogP contribution in [0.3, 0.4) is 0 Å². The second kappa shape index (κ2) is 6.19. The molecule has 0 aliphatic rings. The molecule has 0 unspecified atom stereocenters. The van der Waals surface area contributed by atoms with E-state index in [2.05, 4.69) is 0 Å². The summed E-state index contributed by atoms with van der Waals surface area (Å²) in [4.78, 5) is 11.6. The monoisotopic (exact) mass is 273 g/mol. The standard InChI is InChI=1S/C16H16FNO2/c1-2-20-14(19)10-12-8-9-13(18)16(17)15(12)11-6-4-3-5-7-11/h3-9H,2,10,18H2,1H3. The number of hydrogen-bond donors (Lipinski definition) is 1. The summed E-state index contributed by atoms with van der Waals surface area (Å²) in [6, 6.07) is 12.2. The fourth-order valence-electron chi connectivity index (χ4n) is 2.06. The molecule has 0 saturated carbocycles. The highest BCUT2D eigenvalue weighted by atomic mass is 19.1. The van der Waals surface area contributed by atoms with Crippen LogP contribution in [0.4, 0.5) is 10.1 Å². The topological polar surface area (TPSA) is 52.3 Å². The summed E-state index contributed by atoms with van der Waals surface area (Å²) >= 11 is 0. The molecule has 2 N–H and O–H groups in total. The second-order valence-electron chi connectivity index (χ2n) is 4.35. The molecule has 0 spiro atoms. The van der Waals surface area contributed by atoms with Crippen molar-refractivity contribution in [2.75, 3.05) is 12.3 Å². The molecule has 0 bridgehead atoms. The number of benzene rings is 2. The van der Waals surface area contributed by atoms with Crippen LogP contribution in [-0.4, -0.2) is 12.6 Å². The van der Waals surface area contributed by atoms with E-state index < -0.39 is 5.82 Å². The van der Waals surface area contributed by atoms with E-state index in [0.717, 1.165) is 0 Å². The number of carbonyl (C=O) groups is 1. The highest BCUT2D eigenvalue weighted by Gasteiger charge is 2.16. The van der Waals surface area contributed by atoms with Crippen LogP contribution < -0.4 is 5.73 Å². The number of ether oxygens (including phenoxy) is 1. The van der Waals surface area contributed by atoms with Crippen LogP contribution in [0.5, 0.6) is 0 Å². The third-order valence-electron chi connectivity index (χ3n) is 2.96. The Bertz CT molecular complexity index is 611. The lowest BCUT2D eigenvalue weighted by molar-refractivity contribution is -0.142. The largest absolute Gasteiger partial charge is 0.466 e. The summed E-state index contributed by atoms with van der Waals surface area (Å²) in [7, 11) is 0. The molecule has 0 radical (unpaired) electrons. The molecule has 2 rings (SSSR count). The highest BCUT2D eigenvalue weighted by molar-refractivity contribution is 5.79. The maximum Gasteiger partial charge on any atom is 0.310 e. The van der Waals surface area contributed by atoms with E-state index in [9.17, 15) is 9.18 Å². The number of anilines is 1. The molecular weight excluding hydrogens is 257 g/mol. The number of esters is 1. The normalized spacial score (nSPS) is 10.3. The first-order valence-corrected chi connectivity index (χ1v) is 6.41. The van der Waals surface area contributed by atoms with Crippen molar-refractivity contribution in [3.63, 3.8) is 0 Å². The van der Waals surface area contributed by atoms with E-state index in [1.165, 1.54) is 6.07 Å². The Hall–Kier alpha value is -2.36. The number of halogens is 1. The summed E-state index contributed by atoms with van der Waals surface area (Å²) in [5.74, 6) is -0.883. The van der Waals surface area contributed by atoms with Gasteiger partial charge in [0.2, 0.25) is 0 Å². The second-order valence-corrected chi connectivity index (χ2v) is 4.35. The first-order chi connectivity index (χ1) is 9.63.